The van der Waals surface area contributed by atoms with Crippen LogP contribution in [0.15, 0.2) is 24.3 Å². The predicted octanol–water partition coefficient (Wildman–Crippen LogP) is 3.36. The Kier molecular flexibility index (Phi) is 6.28. The average Bonchev–Trinajstić information content (AvgIpc) is 3.64. The molecule has 3 aliphatic rings. The number of fused-ring (bicyclic) bond motifs is 2. The number of nitrogens with zero attached hydrogens (tertiary/aromatic N) is 8. The number of para-hydroxylation sites is 2. The second-order valence-electron chi connectivity index (χ2n) is 11.6. The van der Waals surface area contributed by atoms with Gasteiger partial charge < -0.3 is 19.3 Å². The van der Waals surface area contributed by atoms with Crippen LogP contribution in [0.4, 0.5) is 5.82 Å². The molecule has 0 spiro atoms. The first-order chi connectivity index (χ1) is 19.0. The molecule has 0 unspecified atom stereocenters. The molecule has 0 radical (unpaired) electrons. The number of aliphatic hydroxyl groups is 1. The summed E-state index contributed by atoms with van der Waals surface area (Å²) in [6.07, 6.45) is 6.38. The van der Waals surface area contributed by atoms with Crippen molar-refractivity contribution in [3.8, 4) is 5.95 Å². The second kappa shape index (κ2) is 9.83. The van der Waals surface area contributed by atoms with Gasteiger partial charge in [-0.3, -0.25) is 9.47 Å². The van der Waals surface area contributed by atoms with Crippen LogP contribution in [0, 0.1) is 12.8 Å². The van der Waals surface area contributed by atoms with Crippen molar-refractivity contribution < 1.29 is 9.84 Å². The van der Waals surface area contributed by atoms with Crippen LogP contribution in [0.3, 0.4) is 0 Å². The number of imidazole rings is 2. The lowest BCUT2D eigenvalue weighted by atomic mass is 9.79. The minimum Gasteiger partial charge on any atom is -0.390 e. The average molecular weight is 531 g/mol. The van der Waals surface area contributed by atoms with Crippen LogP contribution in [-0.2, 0) is 18.3 Å². The molecule has 5 heterocycles. The molecule has 1 aromatic carbocycles. The first-order valence-corrected chi connectivity index (χ1v) is 14.5. The number of rotatable bonds is 5. The van der Waals surface area contributed by atoms with E-state index < -0.39 is 5.60 Å². The zero-order valence-electron chi connectivity index (χ0n) is 23.0. The van der Waals surface area contributed by atoms with E-state index in [4.69, 9.17) is 24.7 Å². The van der Waals surface area contributed by atoms with Gasteiger partial charge in [0.1, 0.15) is 11.6 Å². The molecule has 1 aliphatic carbocycles. The van der Waals surface area contributed by atoms with Gasteiger partial charge in [-0.2, -0.15) is 9.97 Å². The van der Waals surface area contributed by atoms with Gasteiger partial charge in [0, 0.05) is 20.1 Å². The van der Waals surface area contributed by atoms with Crippen LogP contribution in [0.1, 0.15) is 50.2 Å². The number of piperidine rings is 1. The molecule has 2 saturated heterocycles. The van der Waals surface area contributed by atoms with Crippen molar-refractivity contribution in [3.05, 3.63) is 35.9 Å². The highest BCUT2D eigenvalue weighted by Crippen LogP contribution is 2.41. The van der Waals surface area contributed by atoms with Gasteiger partial charge in [0.25, 0.3) is 0 Å². The summed E-state index contributed by atoms with van der Waals surface area (Å²) >= 11 is 0. The number of ether oxygens (including phenoxy) is 1. The minimum absolute atomic E-state index is 0.422. The molecule has 0 atom stereocenters. The van der Waals surface area contributed by atoms with Gasteiger partial charge in [0.2, 0.25) is 5.95 Å². The Morgan fingerprint density at radius 2 is 1.72 bits per heavy atom. The Morgan fingerprint density at radius 3 is 2.49 bits per heavy atom. The van der Waals surface area contributed by atoms with Gasteiger partial charge >= 0.3 is 0 Å². The lowest BCUT2D eigenvalue weighted by molar-refractivity contribution is -0.0385. The van der Waals surface area contributed by atoms with E-state index in [9.17, 15) is 5.11 Å². The molecule has 39 heavy (non-hydrogen) atoms. The van der Waals surface area contributed by atoms with Crippen molar-refractivity contribution in [2.45, 2.75) is 57.6 Å². The van der Waals surface area contributed by atoms with Crippen LogP contribution < -0.4 is 4.90 Å². The summed E-state index contributed by atoms with van der Waals surface area (Å²) in [5.74, 6) is 3.76. The van der Waals surface area contributed by atoms with Crippen LogP contribution in [0.2, 0.25) is 0 Å². The van der Waals surface area contributed by atoms with Gasteiger partial charge in [-0.25, -0.2) is 9.97 Å². The van der Waals surface area contributed by atoms with Crippen molar-refractivity contribution in [2.75, 3.05) is 44.3 Å². The van der Waals surface area contributed by atoms with E-state index >= 15 is 0 Å². The summed E-state index contributed by atoms with van der Waals surface area (Å²) in [5, 5.41) is 11.1. The van der Waals surface area contributed by atoms with Crippen molar-refractivity contribution in [2.24, 2.45) is 13.0 Å². The molecule has 0 bridgehead atoms. The van der Waals surface area contributed by atoms with E-state index in [1.54, 1.807) is 0 Å². The Balaban J connectivity index is 1.24. The maximum absolute atomic E-state index is 11.1. The summed E-state index contributed by atoms with van der Waals surface area (Å²) in [6.45, 7) is 7.65. The van der Waals surface area contributed by atoms with Crippen LogP contribution in [0.5, 0.6) is 0 Å². The van der Waals surface area contributed by atoms with Gasteiger partial charge in [-0.15, -0.1) is 0 Å². The van der Waals surface area contributed by atoms with E-state index in [0.717, 1.165) is 98.1 Å². The van der Waals surface area contributed by atoms with Crippen LogP contribution in [0.25, 0.3) is 28.1 Å². The van der Waals surface area contributed by atoms with Gasteiger partial charge in [-0.05, 0) is 63.7 Å². The number of aromatic nitrogens is 6. The van der Waals surface area contributed by atoms with Crippen LogP contribution >= 0.6 is 0 Å². The third-order valence-corrected chi connectivity index (χ3v) is 9.20. The summed E-state index contributed by atoms with van der Waals surface area (Å²) in [4.78, 5) is 24.8. The van der Waals surface area contributed by atoms with E-state index in [-0.39, 0.29) is 0 Å². The number of likely N-dealkylation sites (tertiary alicyclic amines) is 1. The molecule has 3 aromatic heterocycles. The molecule has 0 amide bonds. The molecule has 3 fully saturated rings. The Labute approximate surface area is 228 Å². The first kappa shape index (κ1) is 24.9. The maximum atomic E-state index is 11.1. The smallest absolute Gasteiger partial charge is 0.239 e. The fourth-order valence-electron chi connectivity index (χ4n) is 6.94. The summed E-state index contributed by atoms with van der Waals surface area (Å²) in [7, 11) is 2.07. The van der Waals surface area contributed by atoms with Crippen molar-refractivity contribution in [1.29, 1.82) is 0 Å². The highest BCUT2D eigenvalue weighted by Gasteiger charge is 2.40. The van der Waals surface area contributed by atoms with Crippen molar-refractivity contribution in [3.63, 3.8) is 0 Å². The molecule has 2 aliphatic heterocycles. The molecule has 7 rings (SSSR count). The highest BCUT2D eigenvalue weighted by molar-refractivity contribution is 5.86. The van der Waals surface area contributed by atoms with Crippen molar-refractivity contribution >= 4 is 28.0 Å². The molecule has 10 heteroatoms. The molecular formula is C29H38N8O2. The van der Waals surface area contributed by atoms with E-state index in [2.05, 4.69) is 27.5 Å². The molecule has 10 nitrogen and oxygen atoms in total. The van der Waals surface area contributed by atoms with E-state index in [1.807, 2.05) is 29.7 Å². The monoisotopic (exact) mass is 530 g/mol. The molecule has 4 aromatic rings. The van der Waals surface area contributed by atoms with E-state index in [1.165, 1.54) is 12.8 Å². The maximum Gasteiger partial charge on any atom is 0.239 e. The number of aryl methyl sites for hydroxylation is 2. The lowest BCUT2D eigenvalue weighted by Crippen LogP contribution is -2.43. The first-order valence-electron chi connectivity index (χ1n) is 14.5. The molecular weight excluding hydrogens is 492 g/mol. The van der Waals surface area contributed by atoms with Gasteiger partial charge in [0.15, 0.2) is 17.0 Å². The lowest BCUT2D eigenvalue weighted by Gasteiger charge is -2.39. The molecule has 1 N–H and O–H groups in total. The SMILES string of the molecule is Cc1nc2ccccc2n1-c1nc(N2CCOCC2)c2nc(CN3CCC(C4(O)CCCC4)CC3)n(C)c2n1. The zero-order valence-corrected chi connectivity index (χ0v) is 23.0. The molecule has 1 saturated carbocycles. The summed E-state index contributed by atoms with van der Waals surface area (Å²) in [6, 6.07) is 8.12. The third-order valence-electron chi connectivity index (χ3n) is 9.20. The molecule has 206 valence electrons. The zero-order chi connectivity index (χ0) is 26.6. The minimum atomic E-state index is -0.432. The fourth-order valence-corrected chi connectivity index (χ4v) is 6.94. The fraction of sp³-hybridized carbons (Fsp3) is 0.586. The Hall–Kier alpha value is -3.08. The normalized spacial score (nSPS) is 20.9. The number of anilines is 1. The Morgan fingerprint density at radius 1 is 0.974 bits per heavy atom. The topological polar surface area (TPSA) is 97.4 Å². The highest BCUT2D eigenvalue weighted by atomic mass is 16.5. The van der Waals surface area contributed by atoms with Gasteiger partial charge in [-0.1, -0.05) is 25.0 Å². The standard InChI is InChI=1S/C29H38N8O2/c1-20-30-22-7-3-4-8-23(22)37(20)28-32-26-25(27(33-28)36-15-17-39-18-16-36)31-24(34(26)2)19-35-13-9-21(10-14-35)29(38)11-5-6-12-29/h3-4,7-8,21,38H,5-6,9-19H2,1-2H3. The number of hydrogen-bond donors (Lipinski definition) is 1. The van der Waals surface area contributed by atoms with E-state index in [0.29, 0.717) is 25.1 Å². The largest absolute Gasteiger partial charge is 0.390 e. The predicted molar refractivity (Wildman–Crippen MR) is 150 cm³/mol. The summed E-state index contributed by atoms with van der Waals surface area (Å²) < 4.78 is 9.82. The number of benzene rings is 1. The van der Waals surface area contributed by atoms with Crippen molar-refractivity contribution in [1.82, 2.24) is 34.0 Å². The quantitative estimate of drug-likeness (QED) is 0.420. The summed E-state index contributed by atoms with van der Waals surface area (Å²) in [5.41, 5.74) is 3.18. The Bertz CT molecular complexity index is 1490. The van der Waals surface area contributed by atoms with Gasteiger partial charge in [0.05, 0.1) is 36.4 Å². The number of hydrogen-bond acceptors (Lipinski definition) is 8. The second-order valence-corrected chi connectivity index (χ2v) is 11.6. The third kappa shape index (κ3) is 4.38. The number of morpholine rings is 1. The van der Waals surface area contributed by atoms with Crippen LogP contribution in [-0.4, -0.2) is 84.1 Å².